The molecule has 0 saturated heterocycles. The van der Waals surface area contributed by atoms with E-state index in [4.69, 9.17) is 4.74 Å². The predicted octanol–water partition coefficient (Wildman–Crippen LogP) is 2.17. The van der Waals surface area contributed by atoms with Gasteiger partial charge >= 0.3 is 0 Å². The minimum atomic E-state index is -0.554. The van der Waals surface area contributed by atoms with Crippen LogP contribution in [0.25, 0.3) is 0 Å². The van der Waals surface area contributed by atoms with Crippen molar-refractivity contribution >= 4 is 0 Å². The van der Waals surface area contributed by atoms with Crippen molar-refractivity contribution in [1.82, 2.24) is 10.3 Å². The van der Waals surface area contributed by atoms with Gasteiger partial charge in [0.25, 0.3) is 0 Å². The predicted molar refractivity (Wildman–Crippen MR) is 78.6 cm³/mol. The van der Waals surface area contributed by atoms with E-state index >= 15 is 0 Å². The Bertz CT molecular complexity index is 490. The van der Waals surface area contributed by atoms with Gasteiger partial charge < -0.3 is 15.2 Å². The highest BCUT2D eigenvalue weighted by molar-refractivity contribution is 5.20. The average molecular weight is 272 g/mol. The first-order chi connectivity index (χ1) is 9.75. The lowest BCUT2D eigenvalue weighted by Crippen LogP contribution is -2.33. The fraction of sp³-hybridized carbons (Fsp3) is 0.312. The molecule has 0 fully saturated rings. The molecule has 0 aliphatic carbocycles. The van der Waals surface area contributed by atoms with Crippen LogP contribution in [0.4, 0.5) is 0 Å². The molecule has 1 aromatic heterocycles. The van der Waals surface area contributed by atoms with Gasteiger partial charge in [0.05, 0.1) is 5.69 Å². The third-order valence-electron chi connectivity index (χ3n) is 2.98. The van der Waals surface area contributed by atoms with E-state index in [1.54, 1.807) is 6.20 Å². The van der Waals surface area contributed by atoms with Gasteiger partial charge in [-0.15, -0.1) is 0 Å². The number of para-hydroxylation sites is 1. The van der Waals surface area contributed by atoms with Crippen LogP contribution in [0.5, 0.6) is 5.75 Å². The van der Waals surface area contributed by atoms with Gasteiger partial charge in [0.2, 0.25) is 0 Å². The first-order valence-electron chi connectivity index (χ1n) is 6.76. The van der Waals surface area contributed by atoms with Gasteiger partial charge in [0.1, 0.15) is 18.5 Å². The van der Waals surface area contributed by atoms with Crippen LogP contribution in [-0.4, -0.2) is 29.3 Å². The molecule has 106 valence electrons. The molecule has 0 bridgehead atoms. The van der Waals surface area contributed by atoms with Crippen molar-refractivity contribution in [2.45, 2.75) is 19.1 Å². The van der Waals surface area contributed by atoms with Crippen LogP contribution in [0.2, 0.25) is 0 Å². The van der Waals surface area contributed by atoms with Crippen LogP contribution in [-0.2, 0) is 0 Å². The fourth-order valence-corrected chi connectivity index (χ4v) is 1.82. The minimum absolute atomic E-state index is 0.0996. The lowest BCUT2D eigenvalue weighted by molar-refractivity contribution is 0.104. The van der Waals surface area contributed by atoms with Crippen molar-refractivity contribution < 1.29 is 9.84 Å². The zero-order valence-corrected chi connectivity index (χ0v) is 11.6. The highest BCUT2D eigenvalue weighted by Gasteiger charge is 2.10. The maximum Gasteiger partial charge on any atom is 0.119 e. The number of hydrogen-bond donors (Lipinski definition) is 2. The summed E-state index contributed by atoms with van der Waals surface area (Å²) in [6.07, 6.45) is 1.21. The highest BCUT2D eigenvalue weighted by Crippen LogP contribution is 2.09. The number of aliphatic hydroxyl groups is 1. The van der Waals surface area contributed by atoms with Gasteiger partial charge in [-0.3, -0.25) is 4.98 Å². The van der Waals surface area contributed by atoms with Gasteiger partial charge in [-0.1, -0.05) is 24.3 Å². The lowest BCUT2D eigenvalue weighted by atomic mass is 10.2. The first-order valence-corrected chi connectivity index (χ1v) is 6.76. The largest absolute Gasteiger partial charge is 0.491 e. The topological polar surface area (TPSA) is 54.4 Å². The van der Waals surface area contributed by atoms with Gasteiger partial charge in [-0.2, -0.15) is 0 Å². The smallest absolute Gasteiger partial charge is 0.119 e. The minimum Gasteiger partial charge on any atom is -0.491 e. The molecule has 20 heavy (non-hydrogen) atoms. The summed E-state index contributed by atoms with van der Waals surface area (Å²) in [5.74, 6) is 0.768. The zero-order valence-electron chi connectivity index (χ0n) is 11.6. The second kappa shape index (κ2) is 7.62. The van der Waals surface area contributed by atoms with E-state index in [-0.39, 0.29) is 12.6 Å². The Kier molecular flexibility index (Phi) is 5.53. The average Bonchev–Trinajstić information content (AvgIpc) is 2.52. The molecule has 0 spiro atoms. The Hall–Kier alpha value is -1.91. The SMILES string of the molecule is CC(NCC(O)COc1ccccc1)c1ccccn1. The normalized spacial score (nSPS) is 13.7. The summed E-state index contributed by atoms with van der Waals surface area (Å²) in [4.78, 5) is 4.27. The summed E-state index contributed by atoms with van der Waals surface area (Å²) in [7, 11) is 0. The number of aromatic nitrogens is 1. The summed E-state index contributed by atoms with van der Waals surface area (Å²) < 4.78 is 5.50. The van der Waals surface area contributed by atoms with Crippen LogP contribution in [0.3, 0.4) is 0 Å². The van der Waals surface area contributed by atoms with Crippen LogP contribution in [0.15, 0.2) is 54.7 Å². The number of aliphatic hydroxyl groups excluding tert-OH is 1. The number of hydrogen-bond acceptors (Lipinski definition) is 4. The molecule has 0 aliphatic heterocycles. The summed E-state index contributed by atoms with van der Waals surface area (Å²) >= 11 is 0. The molecule has 2 atom stereocenters. The summed E-state index contributed by atoms with van der Waals surface area (Å²) in [5.41, 5.74) is 0.962. The molecule has 2 rings (SSSR count). The maximum atomic E-state index is 9.90. The lowest BCUT2D eigenvalue weighted by Gasteiger charge is -2.17. The molecular formula is C16H20N2O2. The number of benzene rings is 1. The number of nitrogens with one attached hydrogen (secondary N) is 1. The van der Waals surface area contributed by atoms with Crippen molar-refractivity contribution in [3.63, 3.8) is 0 Å². The third kappa shape index (κ3) is 4.64. The standard InChI is InChI=1S/C16H20N2O2/c1-13(16-9-5-6-10-17-16)18-11-14(19)12-20-15-7-3-2-4-8-15/h2-10,13-14,18-19H,11-12H2,1H3. The van der Waals surface area contributed by atoms with Crippen molar-refractivity contribution in [3.05, 3.63) is 60.4 Å². The Morgan fingerprint density at radius 1 is 1.15 bits per heavy atom. The van der Waals surface area contributed by atoms with Gasteiger partial charge in [-0.05, 0) is 31.2 Å². The summed E-state index contributed by atoms with van der Waals surface area (Å²) in [6, 6.07) is 15.4. The second-order valence-electron chi connectivity index (χ2n) is 4.66. The quantitative estimate of drug-likeness (QED) is 0.811. The molecule has 0 radical (unpaired) electrons. The zero-order chi connectivity index (χ0) is 14.2. The molecule has 4 heteroatoms. The van der Waals surface area contributed by atoms with Crippen LogP contribution in [0, 0.1) is 0 Å². The van der Waals surface area contributed by atoms with Crippen molar-refractivity contribution in [1.29, 1.82) is 0 Å². The van der Waals surface area contributed by atoms with E-state index in [1.165, 1.54) is 0 Å². The van der Waals surface area contributed by atoms with Crippen molar-refractivity contribution in [3.8, 4) is 5.75 Å². The van der Waals surface area contributed by atoms with Crippen molar-refractivity contribution in [2.24, 2.45) is 0 Å². The van der Waals surface area contributed by atoms with E-state index in [1.807, 2.05) is 55.5 Å². The Morgan fingerprint density at radius 3 is 2.60 bits per heavy atom. The monoisotopic (exact) mass is 272 g/mol. The van der Waals surface area contributed by atoms with Gasteiger partial charge in [0.15, 0.2) is 0 Å². The van der Waals surface area contributed by atoms with Crippen LogP contribution < -0.4 is 10.1 Å². The molecule has 2 unspecified atom stereocenters. The number of pyridine rings is 1. The maximum absolute atomic E-state index is 9.90. The van der Waals surface area contributed by atoms with E-state index in [0.29, 0.717) is 6.54 Å². The molecule has 0 saturated carbocycles. The first kappa shape index (κ1) is 14.5. The highest BCUT2D eigenvalue weighted by atomic mass is 16.5. The number of ether oxygens (including phenoxy) is 1. The molecule has 2 N–H and O–H groups in total. The number of rotatable bonds is 7. The molecule has 0 amide bonds. The van der Waals surface area contributed by atoms with Crippen LogP contribution in [0.1, 0.15) is 18.7 Å². The van der Waals surface area contributed by atoms with E-state index < -0.39 is 6.10 Å². The Balaban J connectivity index is 1.71. The molecular weight excluding hydrogens is 252 g/mol. The summed E-state index contributed by atoms with van der Waals surface area (Å²) in [5, 5.41) is 13.1. The second-order valence-corrected chi connectivity index (χ2v) is 4.66. The Labute approximate surface area is 119 Å². The Morgan fingerprint density at radius 2 is 1.90 bits per heavy atom. The molecule has 1 aromatic carbocycles. The third-order valence-corrected chi connectivity index (χ3v) is 2.98. The fourth-order valence-electron chi connectivity index (χ4n) is 1.82. The van der Waals surface area contributed by atoms with Gasteiger partial charge in [0, 0.05) is 18.8 Å². The van der Waals surface area contributed by atoms with Crippen molar-refractivity contribution in [2.75, 3.05) is 13.2 Å². The van der Waals surface area contributed by atoms with E-state index in [0.717, 1.165) is 11.4 Å². The van der Waals surface area contributed by atoms with Gasteiger partial charge in [-0.25, -0.2) is 0 Å². The van der Waals surface area contributed by atoms with E-state index in [2.05, 4.69) is 10.3 Å². The molecule has 1 heterocycles. The van der Waals surface area contributed by atoms with E-state index in [9.17, 15) is 5.11 Å². The molecule has 0 aliphatic rings. The van der Waals surface area contributed by atoms with Crippen LogP contribution >= 0.6 is 0 Å². The molecule has 2 aromatic rings. The number of nitrogens with zero attached hydrogens (tertiary/aromatic N) is 1. The molecule has 4 nitrogen and oxygen atoms in total. The summed E-state index contributed by atoms with van der Waals surface area (Å²) in [6.45, 7) is 2.75.